The fourth-order valence-electron chi connectivity index (χ4n) is 6.79. The zero-order valence-electron chi connectivity index (χ0n) is 31.8. The van der Waals surface area contributed by atoms with Crippen LogP contribution in [0.3, 0.4) is 0 Å². The van der Waals surface area contributed by atoms with Crippen molar-refractivity contribution in [3.63, 3.8) is 0 Å². The van der Waals surface area contributed by atoms with Gasteiger partial charge in [0.05, 0.1) is 26.4 Å². The van der Waals surface area contributed by atoms with Crippen molar-refractivity contribution >= 4 is 8.25 Å². The fourth-order valence-corrected chi connectivity index (χ4v) is 7.42. The molecule has 0 N–H and O–H groups in total. The minimum absolute atomic E-state index is 0.276. The zero-order valence-corrected chi connectivity index (χ0v) is 32.8. The fraction of sp³-hybridized carbons (Fsp3) is 0.714. The highest BCUT2D eigenvalue weighted by Gasteiger charge is 2.16. The van der Waals surface area contributed by atoms with Gasteiger partial charge in [-0.25, -0.2) is 0 Å². The highest BCUT2D eigenvalue weighted by molar-refractivity contribution is 7.33. The highest BCUT2D eigenvalue weighted by atomic mass is 31.1. The molecule has 2 rings (SSSR count). The van der Waals surface area contributed by atoms with Crippen LogP contribution in [0.4, 0.5) is 0 Å². The topological polar surface area (TPSA) is 54.0 Å². The number of unbranched alkanes of at least 4 members (excludes halogenated alkanes) is 14. The molecule has 2 aromatic rings. The molecule has 0 saturated heterocycles. The van der Waals surface area contributed by atoms with Crippen LogP contribution < -0.4 is 9.47 Å². The van der Waals surface area contributed by atoms with Crippen LogP contribution in [0.25, 0.3) is 0 Å². The van der Waals surface area contributed by atoms with Gasteiger partial charge in [0.25, 0.3) is 0 Å². The summed E-state index contributed by atoms with van der Waals surface area (Å²) in [5.41, 5.74) is 7.09. The Kier molecular flexibility index (Phi) is 23.8. The zero-order chi connectivity index (χ0) is 34.8. The maximum Gasteiger partial charge on any atom is 0.319 e. The van der Waals surface area contributed by atoms with E-state index in [1.165, 1.54) is 112 Å². The van der Waals surface area contributed by atoms with E-state index in [-0.39, 0.29) is 13.2 Å². The second kappa shape index (κ2) is 27.0. The molecule has 0 unspecified atom stereocenters. The van der Waals surface area contributed by atoms with Crippen LogP contribution in [0.1, 0.15) is 178 Å². The standard InChI is InChI=1S/C42H71O5P/c1-7-13-15-17-19-21-23-25-31-44-41-29-27-35(37(9-3)39(41)11-5)33-46-48(43)47-34-36-28-30-42(40(12-6)38(36)10-4)45-32-26-24-22-20-18-16-14-8-2/h27-30,48H,7-26,31-34H2,1-6H3. The molecule has 0 spiro atoms. The van der Waals surface area contributed by atoms with E-state index >= 15 is 0 Å². The summed E-state index contributed by atoms with van der Waals surface area (Å²) in [5, 5.41) is 0. The minimum Gasteiger partial charge on any atom is -0.493 e. The Balaban J connectivity index is 1.85. The van der Waals surface area contributed by atoms with Crippen LogP contribution in [0.5, 0.6) is 11.5 Å². The lowest BCUT2D eigenvalue weighted by atomic mass is 9.96. The Hall–Kier alpha value is -1.81. The predicted octanol–water partition coefficient (Wildman–Crippen LogP) is 13.1. The van der Waals surface area contributed by atoms with Gasteiger partial charge in [0.2, 0.25) is 0 Å². The van der Waals surface area contributed by atoms with Crippen molar-refractivity contribution in [1.29, 1.82) is 0 Å². The highest BCUT2D eigenvalue weighted by Crippen LogP contribution is 2.34. The molecule has 6 heteroatoms. The molecule has 0 saturated carbocycles. The van der Waals surface area contributed by atoms with E-state index in [0.717, 1.165) is 74.4 Å². The van der Waals surface area contributed by atoms with E-state index in [1.54, 1.807) is 0 Å². The number of hydrogen-bond acceptors (Lipinski definition) is 5. The van der Waals surface area contributed by atoms with Crippen LogP contribution in [-0.4, -0.2) is 13.2 Å². The van der Waals surface area contributed by atoms with Gasteiger partial charge in [0.1, 0.15) is 11.5 Å². The molecule has 0 aliphatic carbocycles. The summed E-state index contributed by atoms with van der Waals surface area (Å²) >= 11 is 0. The molecule has 0 atom stereocenters. The van der Waals surface area contributed by atoms with E-state index in [2.05, 4.69) is 65.8 Å². The first kappa shape index (κ1) is 42.4. The number of benzene rings is 2. The summed E-state index contributed by atoms with van der Waals surface area (Å²) in [5.74, 6) is 1.96. The Morgan fingerprint density at radius 1 is 0.438 bits per heavy atom. The van der Waals surface area contributed by atoms with E-state index in [9.17, 15) is 4.57 Å². The normalized spacial score (nSPS) is 11.5. The summed E-state index contributed by atoms with van der Waals surface area (Å²) in [6.07, 6.45) is 24.2. The van der Waals surface area contributed by atoms with Crippen LogP contribution in [0, 0.1) is 0 Å². The smallest absolute Gasteiger partial charge is 0.319 e. The Morgan fingerprint density at radius 2 is 0.771 bits per heavy atom. The first-order valence-electron chi connectivity index (χ1n) is 19.9. The molecule has 0 radical (unpaired) electrons. The van der Waals surface area contributed by atoms with Gasteiger partial charge in [-0.05, 0) is 84.0 Å². The molecule has 0 aromatic heterocycles. The van der Waals surface area contributed by atoms with Gasteiger partial charge in [0, 0.05) is 0 Å². The van der Waals surface area contributed by atoms with Crippen LogP contribution >= 0.6 is 8.25 Å². The third-order valence-electron chi connectivity index (χ3n) is 9.59. The lowest BCUT2D eigenvalue weighted by Gasteiger charge is -2.19. The molecule has 0 fully saturated rings. The van der Waals surface area contributed by atoms with Crippen LogP contribution in [0.2, 0.25) is 0 Å². The summed E-state index contributed by atoms with van der Waals surface area (Å²) in [6, 6.07) is 8.28. The second-order valence-electron chi connectivity index (χ2n) is 13.2. The van der Waals surface area contributed by atoms with Gasteiger partial charge >= 0.3 is 8.25 Å². The van der Waals surface area contributed by atoms with Crippen molar-refractivity contribution in [1.82, 2.24) is 0 Å². The SMILES string of the molecule is CCCCCCCCCCOc1ccc(CO[PH](=O)OCc2ccc(OCCCCCCCCCC)c(CC)c2CC)c(CC)c1CC. The summed E-state index contributed by atoms with van der Waals surface area (Å²) in [4.78, 5) is 0. The average molecular weight is 687 g/mol. The Bertz CT molecular complexity index is 1060. The first-order valence-corrected chi connectivity index (χ1v) is 21.1. The quantitative estimate of drug-likeness (QED) is 0.0605. The maximum atomic E-state index is 12.9. The van der Waals surface area contributed by atoms with Gasteiger partial charge in [-0.2, -0.15) is 0 Å². The average Bonchev–Trinajstić information content (AvgIpc) is 3.11. The monoisotopic (exact) mass is 687 g/mol. The maximum absolute atomic E-state index is 12.9. The molecule has 0 aliphatic rings. The third kappa shape index (κ3) is 15.8. The minimum atomic E-state index is -2.67. The largest absolute Gasteiger partial charge is 0.493 e. The summed E-state index contributed by atoms with van der Waals surface area (Å²) < 4.78 is 37.1. The van der Waals surface area contributed by atoms with Crippen molar-refractivity contribution in [3.05, 3.63) is 57.6 Å². The lowest BCUT2D eigenvalue weighted by Crippen LogP contribution is -2.06. The second-order valence-corrected chi connectivity index (χ2v) is 14.3. The first-order chi connectivity index (χ1) is 23.5. The molecule has 48 heavy (non-hydrogen) atoms. The van der Waals surface area contributed by atoms with Crippen molar-refractivity contribution < 1.29 is 23.1 Å². The molecule has 0 bridgehead atoms. The van der Waals surface area contributed by atoms with Crippen molar-refractivity contribution in [3.8, 4) is 11.5 Å². The van der Waals surface area contributed by atoms with E-state index in [4.69, 9.17) is 18.5 Å². The molecular formula is C42H71O5P. The van der Waals surface area contributed by atoms with Crippen molar-refractivity contribution in [2.45, 2.75) is 183 Å². The predicted molar refractivity (Wildman–Crippen MR) is 205 cm³/mol. The third-order valence-corrected chi connectivity index (χ3v) is 10.3. The van der Waals surface area contributed by atoms with E-state index in [0.29, 0.717) is 0 Å². The Morgan fingerprint density at radius 3 is 1.10 bits per heavy atom. The molecular weight excluding hydrogens is 615 g/mol. The van der Waals surface area contributed by atoms with E-state index < -0.39 is 8.25 Å². The molecule has 274 valence electrons. The van der Waals surface area contributed by atoms with E-state index in [1.807, 2.05) is 0 Å². The molecule has 0 aliphatic heterocycles. The number of ether oxygens (including phenoxy) is 2. The Labute approximate surface area is 296 Å². The molecule has 0 amide bonds. The van der Waals surface area contributed by atoms with Gasteiger partial charge in [-0.3, -0.25) is 4.57 Å². The van der Waals surface area contributed by atoms with Gasteiger partial charge in [0.15, 0.2) is 0 Å². The molecule has 0 heterocycles. The van der Waals surface area contributed by atoms with Crippen LogP contribution in [-0.2, 0) is 52.5 Å². The van der Waals surface area contributed by atoms with Crippen molar-refractivity contribution in [2.24, 2.45) is 0 Å². The van der Waals surface area contributed by atoms with Gasteiger partial charge in [-0.1, -0.05) is 144 Å². The summed E-state index contributed by atoms with van der Waals surface area (Å²) in [7, 11) is -2.67. The van der Waals surface area contributed by atoms with Crippen LogP contribution in [0.15, 0.2) is 24.3 Å². The number of rotatable bonds is 30. The lowest BCUT2D eigenvalue weighted by molar-refractivity contribution is 0.211. The van der Waals surface area contributed by atoms with Gasteiger partial charge in [-0.15, -0.1) is 0 Å². The molecule has 2 aromatic carbocycles. The summed E-state index contributed by atoms with van der Waals surface area (Å²) in [6.45, 7) is 15.3. The van der Waals surface area contributed by atoms with Gasteiger partial charge < -0.3 is 18.5 Å². The van der Waals surface area contributed by atoms with Crippen molar-refractivity contribution in [2.75, 3.05) is 13.2 Å². The molecule has 5 nitrogen and oxygen atoms in total. The number of hydrogen-bond donors (Lipinski definition) is 0.